The van der Waals surface area contributed by atoms with E-state index in [1.807, 2.05) is 16.7 Å². The number of nitrogens with zero attached hydrogens (tertiary/aromatic N) is 2. The lowest BCUT2D eigenvalue weighted by Crippen LogP contribution is -2.53. The van der Waals surface area contributed by atoms with Gasteiger partial charge < -0.3 is 15.5 Å². The van der Waals surface area contributed by atoms with Crippen LogP contribution in [-0.2, 0) is 9.59 Å². The van der Waals surface area contributed by atoms with Crippen molar-refractivity contribution in [3.63, 3.8) is 0 Å². The van der Waals surface area contributed by atoms with E-state index in [9.17, 15) is 9.59 Å². The van der Waals surface area contributed by atoms with Crippen LogP contribution < -0.4 is 10.6 Å². The molecule has 2 heterocycles. The number of nitrogens with one attached hydrogen (secondary N) is 2. The van der Waals surface area contributed by atoms with E-state index < -0.39 is 0 Å². The van der Waals surface area contributed by atoms with Gasteiger partial charge in [0.25, 0.3) is 0 Å². The molecule has 2 aliphatic heterocycles. The van der Waals surface area contributed by atoms with Crippen LogP contribution in [0.2, 0.25) is 0 Å². The van der Waals surface area contributed by atoms with E-state index in [1.165, 1.54) is 12.8 Å². The highest BCUT2D eigenvalue weighted by atomic mass is 32.2. The summed E-state index contributed by atoms with van der Waals surface area (Å²) in [5.74, 6) is 3.38. The summed E-state index contributed by atoms with van der Waals surface area (Å²) in [5, 5.41) is 6.64. The average Bonchev–Trinajstić information content (AvgIpc) is 2.65. The molecule has 3 fully saturated rings. The largest absolute Gasteiger partial charge is 0.352 e. The van der Waals surface area contributed by atoms with Gasteiger partial charge in [-0.1, -0.05) is 6.92 Å². The Kier molecular flexibility index (Phi) is 7.64. The van der Waals surface area contributed by atoms with Gasteiger partial charge in [-0.2, -0.15) is 11.8 Å². The lowest BCUT2D eigenvalue weighted by Gasteiger charge is -2.36. The fourth-order valence-corrected chi connectivity index (χ4v) is 5.08. The molecule has 3 rings (SSSR count). The number of hydrogen-bond acceptors (Lipinski definition) is 5. The van der Waals surface area contributed by atoms with Crippen LogP contribution in [0.1, 0.15) is 39.0 Å². The Hall–Kier alpha value is -0.790. The zero-order valence-electron chi connectivity index (χ0n) is 16.0. The second-order valence-electron chi connectivity index (χ2n) is 8.11. The summed E-state index contributed by atoms with van der Waals surface area (Å²) in [5.41, 5.74) is 0. The van der Waals surface area contributed by atoms with Gasteiger partial charge >= 0.3 is 0 Å². The monoisotopic (exact) mass is 382 g/mol. The molecule has 2 N–H and O–H groups in total. The summed E-state index contributed by atoms with van der Waals surface area (Å²) in [4.78, 5) is 28.9. The first-order valence-electron chi connectivity index (χ1n) is 10.2. The van der Waals surface area contributed by atoms with Crippen molar-refractivity contribution in [2.24, 2.45) is 5.92 Å². The van der Waals surface area contributed by atoms with E-state index in [1.54, 1.807) is 0 Å². The number of piperazine rings is 1. The van der Waals surface area contributed by atoms with E-state index in [4.69, 9.17) is 0 Å². The predicted octanol–water partition coefficient (Wildman–Crippen LogP) is 0.921. The number of hydrogen-bond donors (Lipinski definition) is 2. The first kappa shape index (κ1) is 20.0. The smallest absolute Gasteiger partial charge is 0.234 e. The van der Waals surface area contributed by atoms with Gasteiger partial charge in [0.05, 0.1) is 6.54 Å². The molecule has 2 amide bonds. The SMILES string of the molecule is CC1CCC(NC(=O)CN2CCN(C(=O)CC3CSCCN3)CC2)CC1. The fourth-order valence-electron chi connectivity index (χ4n) is 4.13. The molecule has 1 aliphatic carbocycles. The zero-order chi connectivity index (χ0) is 18.4. The lowest BCUT2D eigenvalue weighted by atomic mass is 9.87. The van der Waals surface area contributed by atoms with Crippen molar-refractivity contribution in [2.45, 2.75) is 51.1 Å². The molecule has 0 spiro atoms. The van der Waals surface area contributed by atoms with Gasteiger partial charge in [0.15, 0.2) is 0 Å². The molecular formula is C19H34N4O2S. The van der Waals surface area contributed by atoms with Crippen LogP contribution in [0.5, 0.6) is 0 Å². The highest BCUT2D eigenvalue weighted by molar-refractivity contribution is 7.99. The Bertz CT molecular complexity index is 468. The van der Waals surface area contributed by atoms with Crippen molar-refractivity contribution in [3.05, 3.63) is 0 Å². The van der Waals surface area contributed by atoms with Gasteiger partial charge in [-0.15, -0.1) is 0 Å². The number of thioether (sulfide) groups is 1. The minimum atomic E-state index is 0.146. The first-order chi connectivity index (χ1) is 12.6. The standard InChI is InChI=1S/C19H34N4O2S/c1-15-2-4-16(5-3-15)21-18(24)13-22-7-9-23(10-8-22)19(25)12-17-14-26-11-6-20-17/h15-17,20H,2-14H2,1H3,(H,21,24). The maximum Gasteiger partial charge on any atom is 0.234 e. The van der Waals surface area contributed by atoms with Crippen LogP contribution in [0, 0.1) is 5.92 Å². The van der Waals surface area contributed by atoms with Gasteiger partial charge in [0.1, 0.15) is 0 Å². The van der Waals surface area contributed by atoms with Crippen molar-refractivity contribution >= 4 is 23.6 Å². The number of amides is 2. The van der Waals surface area contributed by atoms with Crippen LogP contribution in [0.15, 0.2) is 0 Å². The highest BCUT2D eigenvalue weighted by Gasteiger charge is 2.26. The van der Waals surface area contributed by atoms with Gasteiger partial charge in [0, 0.05) is 62.7 Å². The second-order valence-corrected chi connectivity index (χ2v) is 9.26. The molecule has 1 unspecified atom stereocenters. The van der Waals surface area contributed by atoms with Gasteiger partial charge in [-0.05, 0) is 31.6 Å². The quantitative estimate of drug-likeness (QED) is 0.740. The molecule has 26 heavy (non-hydrogen) atoms. The average molecular weight is 383 g/mol. The number of carbonyl (C=O) groups is 2. The third-order valence-corrected chi connectivity index (χ3v) is 7.02. The third kappa shape index (κ3) is 6.13. The van der Waals surface area contributed by atoms with E-state index in [2.05, 4.69) is 22.5 Å². The first-order valence-corrected chi connectivity index (χ1v) is 11.4. The Morgan fingerprint density at radius 1 is 1.12 bits per heavy atom. The Labute approximate surface area is 161 Å². The number of carbonyl (C=O) groups excluding carboxylic acids is 2. The molecule has 1 saturated carbocycles. The number of rotatable bonds is 5. The summed E-state index contributed by atoms with van der Waals surface area (Å²) in [7, 11) is 0. The van der Waals surface area contributed by atoms with Crippen molar-refractivity contribution in [2.75, 3.05) is 50.8 Å². The molecule has 0 aromatic carbocycles. The fraction of sp³-hybridized carbons (Fsp3) is 0.895. The summed E-state index contributed by atoms with van der Waals surface area (Å²) < 4.78 is 0. The molecule has 0 aromatic heterocycles. The third-order valence-electron chi connectivity index (χ3n) is 5.89. The van der Waals surface area contributed by atoms with Crippen molar-refractivity contribution in [3.8, 4) is 0 Å². The van der Waals surface area contributed by atoms with Crippen LogP contribution >= 0.6 is 11.8 Å². The second kappa shape index (κ2) is 9.95. The topological polar surface area (TPSA) is 64.7 Å². The lowest BCUT2D eigenvalue weighted by molar-refractivity contribution is -0.133. The van der Waals surface area contributed by atoms with Gasteiger partial charge in [-0.25, -0.2) is 0 Å². The van der Waals surface area contributed by atoms with Crippen LogP contribution in [0.4, 0.5) is 0 Å². The molecular weight excluding hydrogens is 348 g/mol. The van der Waals surface area contributed by atoms with Gasteiger partial charge in [-0.3, -0.25) is 14.5 Å². The molecule has 1 atom stereocenters. The van der Waals surface area contributed by atoms with Crippen LogP contribution in [-0.4, -0.2) is 84.5 Å². The molecule has 3 aliphatic rings. The molecule has 0 radical (unpaired) electrons. The molecule has 6 nitrogen and oxygen atoms in total. The van der Waals surface area contributed by atoms with Gasteiger partial charge in [0.2, 0.25) is 11.8 Å². The minimum absolute atomic E-state index is 0.146. The van der Waals surface area contributed by atoms with Crippen molar-refractivity contribution in [1.82, 2.24) is 20.4 Å². The summed E-state index contributed by atoms with van der Waals surface area (Å²) >= 11 is 1.93. The summed E-state index contributed by atoms with van der Waals surface area (Å²) in [6, 6.07) is 0.686. The van der Waals surface area contributed by atoms with Crippen LogP contribution in [0.25, 0.3) is 0 Å². The Balaban J connectivity index is 1.32. The van der Waals surface area contributed by atoms with E-state index in [-0.39, 0.29) is 11.8 Å². The Morgan fingerprint density at radius 2 is 1.85 bits per heavy atom. The maximum absolute atomic E-state index is 12.5. The Morgan fingerprint density at radius 3 is 2.50 bits per heavy atom. The zero-order valence-corrected chi connectivity index (χ0v) is 16.9. The van der Waals surface area contributed by atoms with Crippen LogP contribution in [0.3, 0.4) is 0 Å². The summed E-state index contributed by atoms with van der Waals surface area (Å²) in [6.45, 7) is 6.85. The minimum Gasteiger partial charge on any atom is -0.352 e. The van der Waals surface area contributed by atoms with Crippen molar-refractivity contribution < 1.29 is 9.59 Å². The molecule has 0 bridgehead atoms. The maximum atomic E-state index is 12.5. The predicted molar refractivity (Wildman–Crippen MR) is 106 cm³/mol. The highest BCUT2D eigenvalue weighted by Crippen LogP contribution is 2.23. The van der Waals surface area contributed by atoms with E-state index in [0.717, 1.165) is 63.0 Å². The molecule has 148 valence electrons. The van der Waals surface area contributed by atoms with E-state index in [0.29, 0.717) is 25.0 Å². The molecule has 2 saturated heterocycles. The van der Waals surface area contributed by atoms with E-state index >= 15 is 0 Å². The molecule has 0 aromatic rings. The molecule has 7 heteroatoms. The normalized spacial score (nSPS) is 30.8. The summed E-state index contributed by atoms with van der Waals surface area (Å²) in [6.07, 6.45) is 5.28. The van der Waals surface area contributed by atoms with Crippen molar-refractivity contribution in [1.29, 1.82) is 0 Å².